The van der Waals surface area contributed by atoms with Gasteiger partial charge in [0.05, 0.1) is 0 Å². The molecular weight excluding hydrogens is 857 g/mol. The van der Waals surface area contributed by atoms with E-state index in [-0.39, 0.29) is 0 Å². The van der Waals surface area contributed by atoms with Crippen molar-refractivity contribution < 1.29 is 0 Å². The molecule has 2 heteroatoms. The molecule has 0 aromatic rings. The van der Waals surface area contributed by atoms with Crippen LogP contribution in [-0.2, 0) is 0 Å². The molecule has 11 aliphatic carbocycles. The highest BCUT2D eigenvalue weighted by atomic mass is 15.3. The van der Waals surface area contributed by atoms with Gasteiger partial charge in [0.25, 0.3) is 0 Å². The zero-order chi connectivity index (χ0) is 48.5. The summed E-state index contributed by atoms with van der Waals surface area (Å²) in [5.41, 5.74) is 1.32. The monoisotopic (exact) mass is 977 g/mol. The first-order chi connectivity index (χ1) is 34.9. The van der Waals surface area contributed by atoms with Crippen molar-refractivity contribution in [1.82, 2.24) is 9.80 Å². The molecule has 71 heavy (non-hydrogen) atoms. The summed E-state index contributed by atoms with van der Waals surface area (Å²) in [5, 5.41) is 0. The molecule has 0 bridgehead atoms. The molecule has 19 unspecified atom stereocenters. The number of nitrogens with zero attached hydrogens (tertiary/aromatic N) is 2. The van der Waals surface area contributed by atoms with E-state index in [4.69, 9.17) is 0 Å². The van der Waals surface area contributed by atoms with Crippen LogP contribution in [0.3, 0.4) is 0 Å². The molecule has 0 amide bonds. The topological polar surface area (TPSA) is 6.48 Å². The van der Waals surface area contributed by atoms with E-state index in [0.717, 1.165) is 113 Å². The SMILES string of the molecule is CCCCC1(CCCC)C2CCCCC2C2CCC(N(C3CCC(N(C4CCC5C6CCCCC6C(CCCC)(CCCC)C5C4)C4CCCC5CCCCC54)C(C)C3)C3CCCC4CCCCC43)CC21. The first-order valence-electron chi connectivity index (χ1n) is 34.5. The second-order valence-electron chi connectivity index (χ2n) is 29.8. The van der Waals surface area contributed by atoms with Gasteiger partial charge in [-0.1, -0.05) is 176 Å². The average Bonchev–Trinajstić information content (AvgIpc) is 3.85. The highest BCUT2D eigenvalue weighted by Crippen LogP contribution is 2.69. The van der Waals surface area contributed by atoms with Gasteiger partial charge in [0.1, 0.15) is 0 Å². The van der Waals surface area contributed by atoms with Gasteiger partial charge >= 0.3 is 0 Å². The maximum absolute atomic E-state index is 3.58. The van der Waals surface area contributed by atoms with E-state index in [1.807, 2.05) is 0 Å². The van der Waals surface area contributed by atoms with Crippen LogP contribution in [0.1, 0.15) is 311 Å². The van der Waals surface area contributed by atoms with Crippen molar-refractivity contribution in [3.8, 4) is 0 Å². The summed E-state index contributed by atoms with van der Waals surface area (Å²) < 4.78 is 0. The fourth-order valence-electron chi connectivity index (χ4n) is 24.6. The van der Waals surface area contributed by atoms with E-state index < -0.39 is 0 Å². The Hall–Kier alpha value is -0.0800. The molecule has 406 valence electrons. The smallest absolute Gasteiger partial charge is 0.0132 e. The van der Waals surface area contributed by atoms with Gasteiger partial charge in [-0.25, -0.2) is 0 Å². The number of hydrogen-bond acceptors (Lipinski definition) is 2. The lowest BCUT2D eigenvalue weighted by Crippen LogP contribution is -2.62. The molecular formula is C69H120N2. The Morgan fingerprint density at radius 2 is 0.676 bits per heavy atom. The second kappa shape index (κ2) is 23.9. The van der Waals surface area contributed by atoms with Crippen LogP contribution >= 0.6 is 0 Å². The molecule has 0 spiro atoms. The summed E-state index contributed by atoms with van der Waals surface area (Å²) in [7, 11) is 0. The van der Waals surface area contributed by atoms with Crippen LogP contribution in [0.2, 0.25) is 0 Å². The maximum Gasteiger partial charge on any atom is 0.0132 e. The van der Waals surface area contributed by atoms with Crippen molar-refractivity contribution in [2.75, 3.05) is 0 Å². The van der Waals surface area contributed by atoms with Crippen molar-refractivity contribution in [3.05, 3.63) is 0 Å². The first kappa shape index (κ1) is 52.9. The van der Waals surface area contributed by atoms with Crippen molar-refractivity contribution >= 4 is 0 Å². The molecule has 11 rings (SSSR count). The van der Waals surface area contributed by atoms with E-state index >= 15 is 0 Å². The number of hydrogen-bond donors (Lipinski definition) is 0. The number of fused-ring (bicyclic) bond motifs is 8. The fourth-order valence-corrected chi connectivity index (χ4v) is 24.6. The number of unbranched alkanes of at least 4 members (excludes halogenated alkanes) is 4. The highest BCUT2D eigenvalue weighted by Gasteiger charge is 2.63. The maximum atomic E-state index is 3.58. The molecule has 0 N–H and O–H groups in total. The molecule has 0 saturated heterocycles. The predicted molar refractivity (Wildman–Crippen MR) is 304 cm³/mol. The lowest BCUT2D eigenvalue weighted by molar-refractivity contribution is -0.0917. The zero-order valence-corrected chi connectivity index (χ0v) is 48.3. The largest absolute Gasteiger partial charge is 0.294 e. The molecule has 0 aromatic carbocycles. The zero-order valence-electron chi connectivity index (χ0n) is 48.3. The van der Waals surface area contributed by atoms with Crippen molar-refractivity contribution in [3.63, 3.8) is 0 Å². The third-order valence-corrected chi connectivity index (χ3v) is 27.0. The summed E-state index contributed by atoms with van der Waals surface area (Å²) in [6, 6.07) is 5.21. The summed E-state index contributed by atoms with van der Waals surface area (Å²) in [4.78, 5) is 7.15. The molecule has 2 nitrogen and oxygen atoms in total. The van der Waals surface area contributed by atoms with Crippen LogP contribution in [0.4, 0.5) is 0 Å². The third kappa shape index (κ3) is 10.1. The van der Waals surface area contributed by atoms with Crippen LogP contribution in [0.5, 0.6) is 0 Å². The van der Waals surface area contributed by atoms with E-state index in [1.54, 1.807) is 167 Å². The summed E-state index contributed by atoms with van der Waals surface area (Å²) in [6.45, 7) is 13.0. The van der Waals surface area contributed by atoms with Gasteiger partial charge in [-0.05, 0) is 223 Å². The fraction of sp³-hybridized carbons (Fsp3) is 1.00. The van der Waals surface area contributed by atoms with Gasteiger partial charge in [-0.2, -0.15) is 0 Å². The molecule has 0 heterocycles. The minimum atomic E-state index is 0.660. The van der Waals surface area contributed by atoms with Gasteiger partial charge in [-0.3, -0.25) is 9.80 Å². The Balaban J connectivity index is 0.908. The average molecular weight is 978 g/mol. The minimum absolute atomic E-state index is 0.660. The molecule has 19 atom stereocenters. The Morgan fingerprint density at radius 3 is 1.14 bits per heavy atom. The van der Waals surface area contributed by atoms with Gasteiger partial charge in [0, 0.05) is 36.3 Å². The molecule has 11 aliphatic rings. The minimum Gasteiger partial charge on any atom is -0.294 e. The first-order valence-corrected chi connectivity index (χ1v) is 34.5. The van der Waals surface area contributed by atoms with E-state index in [2.05, 4.69) is 44.4 Å². The summed E-state index contributed by atoms with van der Waals surface area (Å²) >= 11 is 0. The van der Waals surface area contributed by atoms with Crippen LogP contribution in [0, 0.1) is 87.8 Å². The van der Waals surface area contributed by atoms with Crippen molar-refractivity contribution in [1.29, 1.82) is 0 Å². The van der Waals surface area contributed by atoms with E-state index in [9.17, 15) is 0 Å². The molecule has 11 fully saturated rings. The van der Waals surface area contributed by atoms with Crippen LogP contribution in [-0.4, -0.2) is 46.1 Å². The quantitative estimate of drug-likeness (QED) is 0.135. The standard InChI is InChI=1S/C69H120N2/c1-6-10-42-68(43-11-7-2)61-32-20-18-30-57(61)59-39-36-53(47-63(59)68)70(66-34-22-26-50-24-14-16-28-55(50)66)52-38-41-65(49(5)46-52)71(67-35-23-27-51-25-15-17-29-56(51)67)54-37-40-60-58-31-19-21-33-62(58)69(44-12-8-3,45-13-9-4)64(60)48-54/h49-67H,6-48H2,1-5H3. The van der Waals surface area contributed by atoms with Crippen LogP contribution in [0.15, 0.2) is 0 Å². The Kier molecular flexibility index (Phi) is 17.8. The highest BCUT2D eigenvalue weighted by molar-refractivity contribution is 5.13. The van der Waals surface area contributed by atoms with E-state index in [0.29, 0.717) is 10.8 Å². The van der Waals surface area contributed by atoms with Gasteiger partial charge in [-0.15, -0.1) is 0 Å². The van der Waals surface area contributed by atoms with E-state index in [1.165, 1.54) is 109 Å². The number of rotatable bonds is 18. The summed E-state index contributed by atoms with van der Waals surface area (Å²) in [6.07, 6.45) is 66.3. The van der Waals surface area contributed by atoms with Gasteiger partial charge in [0.2, 0.25) is 0 Å². The molecule has 0 aliphatic heterocycles. The van der Waals surface area contributed by atoms with Gasteiger partial charge < -0.3 is 0 Å². The second-order valence-corrected chi connectivity index (χ2v) is 29.8. The van der Waals surface area contributed by atoms with Crippen molar-refractivity contribution in [2.24, 2.45) is 87.8 Å². The Bertz CT molecular complexity index is 1610. The van der Waals surface area contributed by atoms with Crippen LogP contribution in [0.25, 0.3) is 0 Å². The third-order valence-electron chi connectivity index (χ3n) is 27.0. The normalized spacial score (nSPS) is 45.1. The molecule has 0 radical (unpaired) electrons. The Morgan fingerprint density at radius 1 is 0.310 bits per heavy atom. The summed E-state index contributed by atoms with van der Waals surface area (Å²) in [5.74, 6) is 13.4. The lowest BCUT2D eigenvalue weighted by atomic mass is 9.59. The molecule has 0 aromatic heterocycles. The van der Waals surface area contributed by atoms with Gasteiger partial charge in [0.15, 0.2) is 0 Å². The van der Waals surface area contributed by atoms with Crippen LogP contribution < -0.4 is 0 Å². The molecule has 11 saturated carbocycles. The Labute approximate surface area is 442 Å². The predicted octanol–water partition coefficient (Wildman–Crippen LogP) is 19.8. The van der Waals surface area contributed by atoms with Crippen molar-refractivity contribution in [2.45, 2.75) is 347 Å². The lowest BCUT2D eigenvalue weighted by Gasteiger charge is -2.59.